The summed E-state index contributed by atoms with van der Waals surface area (Å²) in [6.07, 6.45) is 4.33. The van der Waals surface area contributed by atoms with Crippen LogP contribution in [-0.4, -0.2) is 44.2 Å². The predicted molar refractivity (Wildman–Crippen MR) is 92.3 cm³/mol. The molecule has 118 valence electrons. The topological polar surface area (TPSA) is 32.5 Å². The van der Waals surface area contributed by atoms with Crippen LogP contribution in [0, 0.1) is 0 Å². The highest BCUT2D eigenvalue weighted by Gasteiger charge is 2.22. The number of halogens is 1. The number of hydrogen-bond acceptors (Lipinski definition) is 3. The van der Waals surface area contributed by atoms with E-state index in [1.54, 1.807) is 0 Å². The summed E-state index contributed by atoms with van der Waals surface area (Å²) in [5.41, 5.74) is 8.72. The van der Waals surface area contributed by atoms with Crippen molar-refractivity contribution in [1.29, 1.82) is 0 Å². The summed E-state index contributed by atoms with van der Waals surface area (Å²) in [6.45, 7) is 4.47. The molecule has 1 atom stereocenters. The Balaban J connectivity index is 2.18. The molecule has 2 N–H and O–H groups in total. The van der Waals surface area contributed by atoms with Gasteiger partial charge in [-0.1, -0.05) is 24.6 Å². The highest BCUT2D eigenvalue weighted by atomic mass is 35.5. The zero-order chi connectivity index (χ0) is 15.4. The third-order valence-corrected chi connectivity index (χ3v) is 4.90. The molecule has 1 aromatic rings. The van der Waals surface area contributed by atoms with E-state index in [1.165, 1.54) is 37.2 Å². The van der Waals surface area contributed by atoms with Crippen molar-refractivity contribution in [2.24, 2.45) is 5.73 Å². The molecular weight excluding hydrogens is 282 g/mol. The fourth-order valence-corrected chi connectivity index (χ4v) is 3.21. The first kappa shape index (κ1) is 16.6. The normalized spacial score (nSPS) is 18.7. The van der Waals surface area contributed by atoms with Gasteiger partial charge in [0.15, 0.2) is 0 Å². The van der Waals surface area contributed by atoms with Crippen LogP contribution in [0.3, 0.4) is 0 Å². The second-order valence-corrected chi connectivity index (χ2v) is 6.73. The molecule has 1 aliphatic rings. The Bertz CT molecular complexity index is 455. The standard InChI is InChI=1S/C17H28ClN3/c1-4-15(19)11-13-5-6-14(18)12-17(13)21(3)16-7-9-20(2)10-8-16/h5-6,12,15-16H,4,7-11,19H2,1-3H3. The Morgan fingerprint density at radius 3 is 2.67 bits per heavy atom. The number of hydrogen-bond donors (Lipinski definition) is 1. The summed E-state index contributed by atoms with van der Waals surface area (Å²) in [5, 5.41) is 0.804. The molecule has 0 aliphatic carbocycles. The largest absolute Gasteiger partial charge is 0.371 e. The Morgan fingerprint density at radius 1 is 1.38 bits per heavy atom. The number of likely N-dealkylation sites (tertiary alicyclic amines) is 1. The first-order valence-electron chi connectivity index (χ1n) is 7.96. The van der Waals surface area contributed by atoms with E-state index < -0.39 is 0 Å². The molecule has 4 heteroatoms. The van der Waals surface area contributed by atoms with Crippen molar-refractivity contribution < 1.29 is 0 Å². The third kappa shape index (κ3) is 4.35. The number of rotatable bonds is 5. The summed E-state index contributed by atoms with van der Waals surface area (Å²) < 4.78 is 0. The molecular formula is C17H28ClN3. The molecule has 0 bridgehead atoms. The van der Waals surface area contributed by atoms with Gasteiger partial charge in [-0.15, -0.1) is 0 Å². The van der Waals surface area contributed by atoms with Gasteiger partial charge in [0.25, 0.3) is 0 Å². The lowest BCUT2D eigenvalue weighted by Crippen LogP contribution is -2.42. The maximum atomic E-state index is 6.23. The Kier molecular flexibility index (Phi) is 5.91. The van der Waals surface area contributed by atoms with Gasteiger partial charge in [-0.2, -0.15) is 0 Å². The van der Waals surface area contributed by atoms with Gasteiger partial charge in [0, 0.05) is 29.8 Å². The first-order chi connectivity index (χ1) is 10.0. The molecule has 21 heavy (non-hydrogen) atoms. The van der Waals surface area contributed by atoms with Crippen LogP contribution >= 0.6 is 11.6 Å². The smallest absolute Gasteiger partial charge is 0.0426 e. The molecule has 1 saturated heterocycles. The van der Waals surface area contributed by atoms with Crippen LogP contribution in [0.2, 0.25) is 5.02 Å². The first-order valence-corrected chi connectivity index (χ1v) is 8.34. The molecule has 0 saturated carbocycles. The lowest BCUT2D eigenvalue weighted by molar-refractivity contribution is 0.252. The van der Waals surface area contributed by atoms with Crippen molar-refractivity contribution in [3.05, 3.63) is 28.8 Å². The van der Waals surface area contributed by atoms with Crippen molar-refractivity contribution in [2.45, 2.75) is 44.7 Å². The van der Waals surface area contributed by atoms with E-state index >= 15 is 0 Å². The van der Waals surface area contributed by atoms with Gasteiger partial charge in [-0.25, -0.2) is 0 Å². The quantitative estimate of drug-likeness (QED) is 0.907. The van der Waals surface area contributed by atoms with Gasteiger partial charge in [0.05, 0.1) is 0 Å². The molecule has 1 fully saturated rings. The van der Waals surface area contributed by atoms with Crippen LogP contribution in [0.1, 0.15) is 31.7 Å². The number of nitrogens with two attached hydrogens (primary N) is 1. The van der Waals surface area contributed by atoms with E-state index in [0.29, 0.717) is 6.04 Å². The van der Waals surface area contributed by atoms with Crippen LogP contribution in [0.4, 0.5) is 5.69 Å². The van der Waals surface area contributed by atoms with Crippen molar-refractivity contribution >= 4 is 17.3 Å². The Labute approximate surface area is 134 Å². The molecule has 0 spiro atoms. The van der Waals surface area contributed by atoms with Crippen molar-refractivity contribution in [3.8, 4) is 0 Å². The van der Waals surface area contributed by atoms with Crippen LogP contribution < -0.4 is 10.6 Å². The van der Waals surface area contributed by atoms with Gasteiger partial charge in [-0.05, 0) is 63.5 Å². The maximum Gasteiger partial charge on any atom is 0.0426 e. The second kappa shape index (κ2) is 7.48. The second-order valence-electron chi connectivity index (χ2n) is 6.29. The maximum absolute atomic E-state index is 6.23. The van der Waals surface area contributed by atoms with E-state index in [0.717, 1.165) is 17.9 Å². The SMILES string of the molecule is CCC(N)Cc1ccc(Cl)cc1N(C)C1CCN(C)CC1. The summed E-state index contributed by atoms with van der Waals surface area (Å²) in [4.78, 5) is 4.81. The van der Waals surface area contributed by atoms with Crippen LogP contribution in [0.25, 0.3) is 0 Å². The molecule has 0 aromatic heterocycles. The van der Waals surface area contributed by atoms with Crippen molar-refractivity contribution in [3.63, 3.8) is 0 Å². The van der Waals surface area contributed by atoms with E-state index in [2.05, 4.69) is 43.0 Å². The zero-order valence-electron chi connectivity index (χ0n) is 13.5. The summed E-state index contributed by atoms with van der Waals surface area (Å²) in [6, 6.07) is 7.02. The number of piperidine rings is 1. The molecule has 1 aliphatic heterocycles. The monoisotopic (exact) mass is 309 g/mol. The Hall–Kier alpha value is -0.770. The van der Waals surface area contributed by atoms with Gasteiger partial charge in [-0.3, -0.25) is 0 Å². The Morgan fingerprint density at radius 2 is 2.05 bits per heavy atom. The number of benzene rings is 1. The summed E-state index contributed by atoms with van der Waals surface area (Å²) in [5.74, 6) is 0. The van der Waals surface area contributed by atoms with Gasteiger partial charge in [0.2, 0.25) is 0 Å². The zero-order valence-corrected chi connectivity index (χ0v) is 14.2. The van der Waals surface area contributed by atoms with E-state index in [9.17, 15) is 0 Å². The lowest BCUT2D eigenvalue weighted by Gasteiger charge is -2.37. The average molecular weight is 310 g/mol. The van der Waals surface area contributed by atoms with Gasteiger partial charge < -0.3 is 15.5 Å². The summed E-state index contributed by atoms with van der Waals surface area (Å²) >= 11 is 6.23. The molecule has 1 aromatic carbocycles. The molecule has 1 heterocycles. The fourth-order valence-electron chi connectivity index (χ4n) is 3.04. The molecule has 0 radical (unpaired) electrons. The van der Waals surface area contributed by atoms with Crippen molar-refractivity contribution in [2.75, 3.05) is 32.1 Å². The van der Waals surface area contributed by atoms with E-state index in [-0.39, 0.29) is 6.04 Å². The van der Waals surface area contributed by atoms with Crippen LogP contribution in [-0.2, 0) is 6.42 Å². The minimum absolute atomic E-state index is 0.218. The minimum atomic E-state index is 0.218. The van der Waals surface area contributed by atoms with Crippen LogP contribution in [0.5, 0.6) is 0 Å². The summed E-state index contributed by atoms with van der Waals surface area (Å²) in [7, 11) is 4.39. The van der Waals surface area contributed by atoms with Gasteiger partial charge >= 0.3 is 0 Å². The minimum Gasteiger partial charge on any atom is -0.371 e. The van der Waals surface area contributed by atoms with Crippen molar-refractivity contribution in [1.82, 2.24) is 4.90 Å². The number of anilines is 1. The third-order valence-electron chi connectivity index (χ3n) is 4.67. The highest BCUT2D eigenvalue weighted by Crippen LogP contribution is 2.29. The molecule has 2 rings (SSSR count). The molecule has 0 amide bonds. The molecule has 1 unspecified atom stereocenters. The van der Waals surface area contributed by atoms with E-state index in [4.69, 9.17) is 17.3 Å². The highest BCUT2D eigenvalue weighted by molar-refractivity contribution is 6.30. The molecule has 3 nitrogen and oxygen atoms in total. The lowest BCUT2D eigenvalue weighted by atomic mass is 9.99. The van der Waals surface area contributed by atoms with Crippen LogP contribution in [0.15, 0.2) is 18.2 Å². The average Bonchev–Trinajstić information content (AvgIpc) is 2.49. The fraction of sp³-hybridized carbons (Fsp3) is 0.647. The predicted octanol–water partition coefficient (Wildman–Crippen LogP) is 3.15. The van der Waals surface area contributed by atoms with E-state index in [1.807, 2.05) is 6.07 Å². The van der Waals surface area contributed by atoms with Gasteiger partial charge in [0.1, 0.15) is 0 Å². The number of nitrogens with zero attached hydrogens (tertiary/aromatic N) is 2.